The number of hydrogen-bond acceptors (Lipinski definition) is 6. The SMILES string of the molecule is COc1ccc2c(CC(=O)N3CC4CC3C4c3ocnc3C(N)=O)coc2c1C. The number of methoxy groups -OCH3 is 1. The Morgan fingerprint density at radius 1 is 1.34 bits per heavy atom. The summed E-state index contributed by atoms with van der Waals surface area (Å²) in [6, 6.07) is 3.82. The highest BCUT2D eigenvalue weighted by molar-refractivity contribution is 5.92. The Morgan fingerprint density at radius 2 is 2.17 bits per heavy atom. The summed E-state index contributed by atoms with van der Waals surface area (Å²) in [6.45, 7) is 2.58. The van der Waals surface area contributed by atoms with Crippen LogP contribution in [-0.4, -0.2) is 41.4 Å². The Labute approximate surface area is 166 Å². The number of primary amides is 1. The third-order valence-corrected chi connectivity index (χ3v) is 6.33. The first-order valence-electron chi connectivity index (χ1n) is 9.56. The number of oxazole rings is 1. The number of ether oxygens (including phenoxy) is 1. The highest BCUT2D eigenvalue weighted by atomic mass is 16.5. The Kier molecular flexibility index (Phi) is 3.90. The average molecular weight is 395 g/mol. The molecule has 1 aliphatic carbocycles. The van der Waals surface area contributed by atoms with Gasteiger partial charge in [-0.25, -0.2) is 4.98 Å². The molecule has 3 fully saturated rings. The number of carbonyl (C=O) groups excluding carboxylic acids is 2. The molecule has 150 valence electrons. The van der Waals surface area contributed by atoms with E-state index in [9.17, 15) is 9.59 Å². The number of nitrogens with zero attached hydrogens (tertiary/aromatic N) is 2. The van der Waals surface area contributed by atoms with Crippen LogP contribution in [0.4, 0.5) is 0 Å². The van der Waals surface area contributed by atoms with Gasteiger partial charge in [0.1, 0.15) is 17.1 Å². The number of aryl methyl sites for hydroxylation is 1. The number of furan rings is 1. The second-order valence-corrected chi connectivity index (χ2v) is 7.77. The van der Waals surface area contributed by atoms with Gasteiger partial charge in [0.15, 0.2) is 12.1 Å². The quantitative estimate of drug-likeness (QED) is 0.710. The Balaban J connectivity index is 1.36. The van der Waals surface area contributed by atoms with Crippen LogP contribution in [0.5, 0.6) is 5.75 Å². The number of carbonyl (C=O) groups is 2. The molecule has 0 radical (unpaired) electrons. The zero-order valence-corrected chi connectivity index (χ0v) is 16.2. The minimum Gasteiger partial charge on any atom is -0.496 e. The molecule has 3 aliphatic rings. The number of hydrogen-bond donors (Lipinski definition) is 1. The molecule has 4 heterocycles. The maximum Gasteiger partial charge on any atom is 0.270 e. The Hall–Kier alpha value is -3.29. The van der Waals surface area contributed by atoms with Crippen LogP contribution in [0.3, 0.4) is 0 Å². The van der Waals surface area contributed by atoms with E-state index in [1.807, 2.05) is 24.0 Å². The summed E-state index contributed by atoms with van der Waals surface area (Å²) >= 11 is 0. The zero-order valence-electron chi connectivity index (χ0n) is 16.2. The predicted octanol–water partition coefficient (Wildman–Crippen LogP) is 2.39. The van der Waals surface area contributed by atoms with Crippen molar-refractivity contribution in [1.82, 2.24) is 9.88 Å². The molecule has 2 N–H and O–H groups in total. The van der Waals surface area contributed by atoms with Gasteiger partial charge in [0, 0.05) is 35.0 Å². The summed E-state index contributed by atoms with van der Waals surface area (Å²) in [4.78, 5) is 30.5. The second kappa shape index (κ2) is 6.37. The van der Waals surface area contributed by atoms with Crippen molar-refractivity contribution in [2.75, 3.05) is 13.7 Å². The minimum absolute atomic E-state index is 0.0125. The highest BCUT2D eigenvalue weighted by Crippen LogP contribution is 2.53. The van der Waals surface area contributed by atoms with Gasteiger partial charge in [-0.15, -0.1) is 0 Å². The van der Waals surface area contributed by atoms with E-state index in [1.165, 1.54) is 6.39 Å². The number of rotatable bonds is 5. The van der Waals surface area contributed by atoms with E-state index in [4.69, 9.17) is 19.3 Å². The molecule has 29 heavy (non-hydrogen) atoms. The van der Waals surface area contributed by atoms with Crippen LogP contribution in [0.25, 0.3) is 11.0 Å². The molecule has 2 bridgehead atoms. The lowest BCUT2D eigenvalue weighted by Gasteiger charge is -2.35. The van der Waals surface area contributed by atoms with Gasteiger partial charge in [-0.05, 0) is 31.4 Å². The minimum atomic E-state index is -0.603. The van der Waals surface area contributed by atoms with Gasteiger partial charge in [-0.2, -0.15) is 0 Å². The molecule has 3 atom stereocenters. The molecular weight excluding hydrogens is 374 g/mol. The number of benzene rings is 1. The number of fused-ring (bicyclic) bond motifs is 2. The van der Waals surface area contributed by atoms with E-state index in [0.717, 1.165) is 34.3 Å². The lowest BCUT2D eigenvalue weighted by atomic mass is 9.72. The van der Waals surface area contributed by atoms with E-state index in [1.54, 1.807) is 13.4 Å². The fourth-order valence-electron chi connectivity index (χ4n) is 4.87. The zero-order chi connectivity index (χ0) is 20.3. The van der Waals surface area contributed by atoms with E-state index in [-0.39, 0.29) is 35.9 Å². The average Bonchev–Trinajstić information content (AvgIpc) is 3.44. The summed E-state index contributed by atoms with van der Waals surface area (Å²) in [7, 11) is 1.62. The van der Waals surface area contributed by atoms with Crippen LogP contribution in [0.1, 0.15) is 39.7 Å². The lowest BCUT2D eigenvalue weighted by molar-refractivity contribution is -0.130. The van der Waals surface area contributed by atoms with E-state index >= 15 is 0 Å². The molecular formula is C21H21N3O5. The lowest BCUT2D eigenvalue weighted by Crippen LogP contribution is -2.40. The molecule has 3 unspecified atom stereocenters. The van der Waals surface area contributed by atoms with Gasteiger partial charge in [-0.3, -0.25) is 9.59 Å². The van der Waals surface area contributed by atoms with Gasteiger partial charge in [0.2, 0.25) is 5.91 Å². The van der Waals surface area contributed by atoms with Crippen molar-refractivity contribution < 1.29 is 23.2 Å². The molecule has 8 nitrogen and oxygen atoms in total. The highest BCUT2D eigenvalue weighted by Gasteiger charge is 2.56. The van der Waals surface area contributed by atoms with E-state index < -0.39 is 5.91 Å². The van der Waals surface area contributed by atoms with Crippen molar-refractivity contribution >= 4 is 22.8 Å². The van der Waals surface area contributed by atoms with Gasteiger partial charge in [0.25, 0.3) is 5.91 Å². The van der Waals surface area contributed by atoms with Gasteiger partial charge in [-0.1, -0.05) is 0 Å². The molecule has 2 aliphatic heterocycles. The van der Waals surface area contributed by atoms with Crippen LogP contribution in [-0.2, 0) is 11.2 Å². The molecule has 1 aromatic carbocycles. The van der Waals surface area contributed by atoms with Crippen molar-refractivity contribution in [2.24, 2.45) is 11.7 Å². The normalized spacial score (nSPS) is 22.7. The second-order valence-electron chi connectivity index (χ2n) is 7.77. The molecule has 8 heteroatoms. The van der Waals surface area contributed by atoms with E-state index in [2.05, 4.69) is 4.98 Å². The fraction of sp³-hybridized carbons (Fsp3) is 0.381. The third-order valence-electron chi connectivity index (χ3n) is 6.33. The van der Waals surface area contributed by atoms with Crippen molar-refractivity contribution in [3.63, 3.8) is 0 Å². The van der Waals surface area contributed by atoms with Gasteiger partial charge >= 0.3 is 0 Å². The third kappa shape index (κ3) is 2.55. The molecule has 2 amide bonds. The molecule has 2 aromatic heterocycles. The molecule has 1 saturated carbocycles. The molecule has 2 saturated heterocycles. The first-order valence-corrected chi connectivity index (χ1v) is 9.56. The number of nitrogens with two attached hydrogens (primary N) is 1. The number of aromatic nitrogens is 1. The van der Waals surface area contributed by atoms with Crippen LogP contribution < -0.4 is 10.5 Å². The monoisotopic (exact) mass is 395 g/mol. The molecule has 0 spiro atoms. The molecule has 6 rings (SSSR count). The summed E-state index contributed by atoms with van der Waals surface area (Å²) in [5, 5.41) is 0.922. The van der Waals surface area contributed by atoms with Crippen LogP contribution in [0.2, 0.25) is 0 Å². The van der Waals surface area contributed by atoms with Crippen molar-refractivity contribution in [3.05, 3.63) is 47.4 Å². The van der Waals surface area contributed by atoms with Crippen molar-refractivity contribution in [1.29, 1.82) is 0 Å². The standard InChI is InChI=1S/C21H21N3O5/c1-10-15(27-2)4-3-13-12(8-28-19(10)13)6-16(25)24-7-11-5-14(24)17(11)20-18(21(22)26)23-9-29-20/h3-4,8-9,11,14,17H,5-7H2,1-2H3,(H2,22,26). The van der Waals surface area contributed by atoms with E-state index in [0.29, 0.717) is 12.3 Å². The fourth-order valence-corrected chi connectivity index (χ4v) is 4.87. The largest absolute Gasteiger partial charge is 0.496 e. The van der Waals surface area contributed by atoms with Gasteiger partial charge in [0.05, 0.1) is 19.8 Å². The Bertz CT molecular complexity index is 1130. The smallest absolute Gasteiger partial charge is 0.270 e. The maximum atomic E-state index is 13.1. The van der Waals surface area contributed by atoms with Gasteiger partial charge < -0.3 is 24.2 Å². The number of amides is 2. The maximum absolute atomic E-state index is 13.1. The predicted molar refractivity (Wildman–Crippen MR) is 103 cm³/mol. The van der Waals surface area contributed by atoms with Crippen LogP contribution >= 0.6 is 0 Å². The van der Waals surface area contributed by atoms with Crippen LogP contribution in [0, 0.1) is 12.8 Å². The summed E-state index contributed by atoms with van der Waals surface area (Å²) in [5.74, 6) is 0.944. The summed E-state index contributed by atoms with van der Waals surface area (Å²) in [5.41, 5.74) is 8.07. The van der Waals surface area contributed by atoms with Crippen molar-refractivity contribution in [2.45, 2.75) is 31.7 Å². The molecule has 3 aromatic rings. The topological polar surface area (TPSA) is 112 Å². The first-order chi connectivity index (χ1) is 14.0. The Morgan fingerprint density at radius 3 is 2.93 bits per heavy atom. The summed E-state index contributed by atoms with van der Waals surface area (Å²) in [6.07, 6.45) is 4.05. The van der Waals surface area contributed by atoms with Crippen LogP contribution in [0.15, 0.2) is 33.6 Å². The summed E-state index contributed by atoms with van der Waals surface area (Å²) < 4.78 is 16.5. The first kappa shape index (κ1) is 17.8. The van der Waals surface area contributed by atoms with Crippen molar-refractivity contribution in [3.8, 4) is 5.75 Å².